The molecule has 118 valence electrons. The van der Waals surface area contributed by atoms with E-state index in [0.29, 0.717) is 6.54 Å². The van der Waals surface area contributed by atoms with Gasteiger partial charge in [0.05, 0.1) is 0 Å². The van der Waals surface area contributed by atoms with Gasteiger partial charge in [-0.2, -0.15) is 0 Å². The van der Waals surface area contributed by atoms with Crippen molar-refractivity contribution >= 4 is 18.3 Å². The van der Waals surface area contributed by atoms with Gasteiger partial charge in [-0.25, -0.2) is 0 Å². The molecule has 2 N–H and O–H groups in total. The zero-order valence-electron chi connectivity index (χ0n) is 13.0. The van der Waals surface area contributed by atoms with E-state index >= 15 is 0 Å². The van der Waals surface area contributed by atoms with Crippen molar-refractivity contribution < 1.29 is 9.53 Å². The van der Waals surface area contributed by atoms with Crippen molar-refractivity contribution in [1.29, 1.82) is 0 Å². The molecule has 1 unspecified atom stereocenters. The van der Waals surface area contributed by atoms with Gasteiger partial charge in [-0.1, -0.05) is 26.0 Å². The number of hydrogen-bond donors (Lipinski definition) is 1. The van der Waals surface area contributed by atoms with Crippen molar-refractivity contribution in [2.24, 2.45) is 11.1 Å². The molecule has 1 fully saturated rings. The molecule has 1 heterocycles. The van der Waals surface area contributed by atoms with Crippen LogP contribution in [0.3, 0.4) is 0 Å². The van der Waals surface area contributed by atoms with E-state index in [1.807, 2.05) is 36.1 Å². The maximum absolute atomic E-state index is 12.2. The number of rotatable bonds is 3. The van der Waals surface area contributed by atoms with Gasteiger partial charge in [0.2, 0.25) is 0 Å². The van der Waals surface area contributed by atoms with Crippen LogP contribution in [0.25, 0.3) is 0 Å². The van der Waals surface area contributed by atoms with Gasteiger partial charge in [0, 0.05) is 19.1 Å². The summed E-state index contributed by atoms with van der Waals surface area (Å²) >= 11 is 0. The van der Waals surface area contributed by atoms with Crippen molar-refractivity contribution in [2.45, 2.75) is 33.2 Å². The molecule has 0 saturated carbocycles. The molecule has 0 spiro atoms. The van der Waals surface area contributed by atoms with Crippen LogP contribution in [-0.2, 0) is 4.79 Å². The number of nitrogens with two attached hydrogens (primary N) is 1. The molecule has 1 amide bonds. The molecule has 1 saturated heterocycles. The molecule has 2 rings (SSSR count). The summed E-state index contributed by atoms with van der Waals surface area (Å²) in [6, 6.07) is 7.89. The van der Waals surface area contributed by atoms with E-state index < -0.39 is 0 Å². The minimum atomic E-state index is -0.0305. The molecule has 21 heavy (non-hydrogen) atoms. The fraction of sp³-hybridized carbons (Fsp3) is 0.562. The minimum Gasteiger partial charge on any atom is -0.484 e. The monoisotopic (exact) mass is 312 g/mol. The van der Waals surface area contributed by atoms with Crippen molar-refractivity contribution in [3.63, 3.8) is 0 Å². The van der Waals surface area contributed by atoms with Crippen molar-refractivity contribution in [2.75, 3.05) is 19.7 Å². The third-order valence-electron chi connectivity index (χ3n) is 4.02. The lowest BCUT2D eigenvalue weighted by Crippen LogP contribution is -2.54. The summed E-state index contributed by atoms with van der Waals surface area (Å²) in [6.07, 6.45) is 0.850. The summed E-state index contributed by atoms with van der Waals surface area (Å²) < 4.78 is 5.57. The number of aryl methyl sites for hydroxylation is 1. The largest absolute Gasteiger partial charge is 0.484 e. The van der Waals surface area contributed by atoms with Gasteiger partial charge in [-0.05, 0) is 36.5 Å². The minimum absolute atomic E-state index is 0. The lowest BCUT2D eigenvalue weighted by molar-refractivity contribution is -0.136. The Bertz CT molecular complexity index is 491. The molecule has 1 aromatic rings. The highest BCUT2D eigenvalue weighted by atomic mass is 35.5. The topological polar surface area (TPSA) is 55.6 Å². The van der Waals surface area contributed by atoms with Gasteiger partial charge < -0.3 is 15.4 Å². The van der Waals surface area contributed by atoms with Crippen LogP contribution in [0.2, 0.25) is 0 Å². The SMILES string of the molecule is Cc1cccc(OCC(=O)N2CCC(N)C(C)(C)C2)c1.Cl. The summed E-state index contributed by atoms with van der Waals surface area (Å²) in [5, 5.41) is 0. The van der Waals surface area contributed by atoms with Crippen LogP contribution < -0.4 is 10.5 Å². The predicted octanol–water partition coefficient (Wildman–Crippen LogP) is 2.38. The van der Waals surface area contributed by atoms with E-state index in [9.17, 15) is 4.79 Å². The average Bonchev–Trinajstić information content (AvgIpc) is 2.39. The second kappa shape index (κ2) is 7.14. The molecule has 5 heteroatoms. The van der Waals surface area contributed by atoms with E-state index in [4.69, 9.17) is 10.5 Å². The van der Waals surface area contributed by atoms with Crippen LogP contribution in [0.15, 0.2) is 24.3 Å². The molecule has 1 aromatic carbocycles. The Kier molecular flexibility index (Phi) is 6.05. The maximum Gasteiger partial charge on any atom is 0.260 e. The van der Waals surface area contributed by atoms with E-state index in [-0.39, 0.29) is 36.4 Å². The number of amides is 1. The maximum atomic E-state index is 12.2. The number of carbonyl (C=O) groups is 1. The molecule has 1 aliphatic rings. The van der Waals surface area contributed by atoms with Gasteiger partial charge in [-0.3, -0.25) is 4.79 Å². The number of hydrogen-bond acceptors (Lipinski definition) is 3. The Morgan fingerprint density at radius 2 is 2.19 bits per heavy atom. The second-order valence-electron chi connectivity index (χ2n) is 6.30. The van der Waals surface area contributed by atoms with Crippen LogP contribution in [0, 0.1) is 12.3 Å². The van der Waals surface area contributed by atoms with Gasteiger partial charge >= 0.3 is 0 Å². The Balaban J connectivity index is 0.00000220. The number of benzene rings is 1. The predicted molar refractivity (Wildman–Crippen MR) is 86.9 cm³/mol. The average molecular weight is 313 g/mol. The Hall–Kier alpha value is -1.26. The number of nitrogens with zero attached hydrogens (tertiary/aromatic N) is 1. The first-order valence-electron chi connectivity index (χ1n) is 7.11. The summed E-state index contributed by atoms with van der Waals surface area (Å²) in [5.74, 6) is 0.776. The third kappa shape index (κ3) is 4.61. The Labute approximate surface area is 133 Å². The highest BCUT2D eigenvalue weighted by Crippen LogP contribution is 2.27. The van der Waals surface area contributed by atoms with Crippen molar-refractivity contribution in [3.8, 4) is 5.75 Å². The van der Waals surface area contributed by atoms with E-state index in [1.165, 1.54) is 0 Å². The molecule has 0 aliphatic carbocycles. The lowest BCUT2D eigenvalue weighted by Gasteiger charge is -2.42. The van der Waals surface area contributed by atoms with Gasteiger partial charge in [-0.15, -0.1) is 12.4 Å². The summed E-state index contributed by atoms with van der Waals surface area (Å²) in [7, 11) is 0. The van der Waals surface area contributed by atoms with Crippen LogP contribution in [-0.4, -0.2) is 36.5 Å². The molecule has 0 radical (unpaired) electrons. The van der Waals surface area contributed by atoms with Crippen molar-refractivity contribution in [1.82, 2.24) is 4.90 Å². The summed E-state index contributed by atoms with van der Waals surface area (Å²) in [4.78, 5) is 14.1. The van der Waals surface area contributed by atoms with E-state index in [2.05, 4.69) is 13.8 Å². The molecule has 0 bridgehead atoms. The molecular formula is C16H25ClN2O2. The smallest absolute Gasteiger partial charge is 0.260 e. The first-order chi connectivity index (χ1) is 9.38. The molecule has 1 aliphatic heterocycles. The van der Waals surface area contributed by atoms with Crippen LogP contribution >= 0.6 is 12.4 Å². The number of carbonyl (C=O) groups excluding carboxylic acids is 1. The normalized spacial score (nSPS) is 20.6. The van der Waals surface area contributed by atoms with Crippen LogP contribution in [0.5, 0.6) is 5.75 Å². The molecule has 0 aromatic heterocycles. The fourth-order valence-electron chi connectivity index (χ4n) is 2.53. The zero-order chi connectivity index (χ0) is 14.8. The van der Waals surface area contributed by atoms with E-state index in [1.54, 1.807) is 0 Å². The quantitative estimate of drug-likeness (QED) is 0.932. The first-order valence-corrected chi connectivity index (χ1v) is 7.11. The standard InChI is InChI=1S/C16H24N2O2.ClH/c1-12-5-4-6-13(9-12)20-10-15(19)18-8-7-14(17)16(2,3)11-18;/h4-6,9,14H,7-8,10-11,17H2,1-3H3;1H. The number of ether oxygens (including phenoxy) is 1. The highest BCUT2D eigenvalue weighted by molar-refractivity contribution is 5.85. The van der Waals surface area contributed by atoms with Gasteiger partial charge in [0.15, 0.2) is 6.61 Å². The number of piperidine rings is 1. The second-order valence-corrected chi connectivity index (χ2v) is 6.30. The van der Waals surface area contributed by atoms with Gasteiger partial charge in [0.1, 0.15) is 5.75 Å². The summed E-state index contributed by atoms with van der Waals surface area (Å²) in [5.41, 5.74) is 7.18. The molecule has 4 nitrogen and oxygen atoms in total. The Morgan fingerprint density at radius 3 is 2.81 bits per heavy atom. The number of likely N-dealkylation sites (tertiary alicyclic amines) is 1. The fourth-order valence-corrected chi connectivity index (χ4v) is 2.53. The zero-order valence-corrected chi connectivity index (χ0v) is 13.8. The molecule has 1 atom stereocenters. The third-order valence-corrected chi connectivity index (χ3v) is 4.02. The highest BCUT2D eigenvalue weighted by Gasteiger charge is 2.35. The lowest BCUT2D eigenvalue weighted by atomic mass is 9.80. The van der Waals surface area contributed by atoms with Crippen molar-refractivity contribution in [3.05, 3.63) is 29.8 Å². The number of halogens is 1. The Morgan fingerprint density at radius 1 is 1.48 bits per heavy atom. The summed E-state index contributed by atoms with van der Waals surface area (Å²) in [6.45, 7) is 7.74. The van der Waals surface area contributed by atoms with Gasteiger partial charge in [0.25, 0.3) is 5.91 Å². The van der Waals surface area contributed by atoms with E-state index in [0.717, 1.165) is 24.3 Å². The molecular weight excluding hydrogens is 288 g/mol. The van der Waals surface area contributed by atoms with Crippen LogP contribution in [0.4, 0.5) is 0 Å². The first kappa shape index (κ1) is 17.8. The van der Waals surface area contributed by atoms with Crippen LogP contribution in [0.1, 0.15) is 25.8 Å².